The van der Waals surface area contributed by atoms with Crippen LogP contribution in [0.25, 0.3) is 28.0 Å². The van der Waals surface area contributed by atoms with Gasteiger partial charge in [-0.25, -0.2) is 4.98 Å². The SMILES string of the molecule is Cn1c(CC(=O)NNC(=O)/C=C/c2cccc3cccnc23)nc2ccccc21. The molecule has 4 aromatic rings. The molecule has 4 rings (SSSR count). The van der Waals surface area contributed by atoms with Gasteiger partial charge in [-0.15, -0.1) is 0 Å². The highest BCUT2D eigenvalue weighted by Gasteiger charge is 2.11. The minimum atomic E-state index is -0.434. The number of hydrazine groups is 1. The first-order chi connectivity index (χ1) is 14.1. The average Bonchev–Trinajstić information content (AvgIpc) is 3.06. The standard InChI is InChI=1S/C22H19N5O2/c1-27-18-10-3-2-9-17(18)24-19(27)14-21(29)26-25-20(28)12-11-16-7-4-6-15-8-5-13-23-22(15)16/h2-13H,14H2,1H3,(H,25,28)(H,26,29)/b12-11+. The van der Waals surface area contributed by atoms with Gasteiger partial charge in [0.05, 0.1) is 23.0 Å². The van der Waals surface area contributed by atoms with E-state index in [-0.39, 0.29) is 12.3 Å². The number of hydrogen-bond acceptors (Lipinski definition) is 4. The summed E-state index contributed by atoms with van der Waals surface area (Å²) in [6.07, 6.45) is 4.80. The molecule has 2 N–H and O–H groups in total. The summed E-state index contributed by atoms with van der Waals surface area (Å²) < 4.78 is 1.87. The van der Waals surface area contributed by atoms with Gasteiger partial charge in [0.25, 0.3) is 5.91 Å². The maximum atomic E-state index is 12.2. The van der Waals surface area contributed by atoms with Crippen LogP contribution in [0.5, 0.6) is 0 Å². The highest BCUT2D eigenvalue weighted by molar-refractivity contribution is 5.96. The highest BCUT2D eigenvalue weighted by atomic mass is 16.2. The van der Waals surface area contributed by atoms with E-state index in [2.05, 4.69) is 20.8 Å². The van der Waals surface area contributed by atoms with Crippen LogP contribution in [0.2, 0.25) is 0 Å². The maximum Gasteiger partial charge on any atom is 0.262 e. The maximum absolute atomic E-state index is 12.2. The minimum Gasteiger partial charge on any atom is -0.331 e. The van der Waals surface area contributed by atoms with Crippen LogP contribution in [0.15, 0.2) is 66.9 Å². The second-order valence-electron chi connectivity index (χ2n) is 6.55. The number of hydrogen-bond donors (Lipinski definition) is 2. The number of carbonyl (C=O) groups is 2. The lowest BCUT2D eigenvalue weighted by Gasteiger charge is -2.06. The van der Waals surface area contributed by atoms with Crippen LogP contribution in [-0.4, -0.2) is 26.3 Å². The van der Waals surface area contributed by atoms with E-state index in [0.29, 0.717) is 5.82 Å². The fourth-order valence-corrected chi connectivity index (χ4v) is 3.14. The first-order valence-corrected chi connectivity index (χ1v) is 9.13. The lowest BCUT2D eigenvalue weighted by Crippen LogP contribution is -2.41. The Bertz CT molecular complexity index is 1240. The van der Waals surface area contributed by atoms with E-state index in [1.54, 1.807) is 12.3 Å². The molecule has 7 heteroatoms. The molecule has 2 heterocycles. The molecule has 0 unspecified atom stereocenters. The van der Waals surface area contributed by atoms with Gasteiger partial charge in [-0.2, -0.15) is 0 Å². The van der Waals surface area contributed by atoms with E-state index in [1.165, 1.54) is 6.08 Å². The number of aromatic nitrogens is 3. The number of benzene rings is 2. The average molecular weight is 385 g/mol. The molecule has 0 fully saturated rings. The zero-order valence-electron chi connectivity index (χ0n) is 15.8. The lowest BCUT2D eigenvalue weighted by molar-refractivity contribution is -0.126. The summed E-state index contributed by atoms with van der Waals surface area (Å²) in [4.78, 5) is 33.0. The molecule has 2 aromatic carbocycles. The zero-order valence-corrected chi connectivity index (χ0v) is 15.8. The smallest absolute Gasteiger partial charge is 0.262 e. The lowest BCUT2D eigenvalue weighted by atomic mass is 10.1. The third-order valence-corrected chi connectivity index (χ3v) is 4.60. The van der Waals surface area contributed by atoms with Crippen LogP contribution in [0, 0.1) is 0 Å². The number of pyridine rings is 1. The fourth-order valence-electron chi connectivity index (χ4n) is 3.14. The number of aryl methyl sites for hydroxylation is 1. The molecule has 2 amide bonds. The Morgan fingerprint density at radius 1 is 1.03 bits per heavy atom. The van der Waals surface area contributed by atoms with Crippen LogP contribution in [0.1, 0.15) is 11.4 Å². The predicted octanol–water partition coefficient (Wildman–Crippen LogP) is 2.52. The Morgan fingerprint density at radius 2 is 1.86 bits per heavy atom. The van der Waals surface area contributed by atoms with Gasteiger partial charge in [-0.3, -0.25) is 25.4 Å². The van der Waals surface area contributed by atoms with Gasteiger partial charge in [0.2, 0.25) is 5.91 Å². The second-order valence-corrected chi connectivity index (χ2v) is 6.55. The Morgan fingerprint density at radius 3 is 2.72 bits per heavy atom. The molecular weight excluding hydrogens is 366 g/mol. The molecule has 0 aliphatic carbocycles. The highest BCUT2D eigenvalue weighted by Crippen LogP contribution is 2.17. The number of amides is 2. The van der Waals surface area contributed by atoms with Crippen LogP contribution < -0.4 is 10.9 Å². The molecule has 0 bridgehead atoms. The summed E-state index contributed by atoms with van der Waals surface area (Å²) in [6.45, 7) is 0. The van der Waals surface area contributed by atoms with Crippen LogP contribution >= 0.6 is 0 Å². The van der Waals surface area contributed by atoms with Crippen molar-refractivity contribution in [3.63, 3.8) is 0 Å². The van der Waals surface area contributed by atoms with Crippen molar-refractivity contribution in [1.82, 2.24) is 25.4 Å². The van der Waals surface area contributed by atoms with Gasteiger partial charge in [-0.05, 0) is 24.3 Å². The summed E-state index contributed by atoms with van der Waals surface area (Å²) in [5.41, 5.74) is 8.22. The van der Waals surface area contributed by atoms with Crippen molar-refractivity contribution in [1.29, 1.82) is 0 Å². The number of imidazole rings is 1. The Balaban J connectivity index is 1.37. The molecule has 0 radical (unpaired) electrons. The summed E-state index contributed by atoms with van der Waals surface area (Å²) in [7, 11) is 1.86. The first-order valence-electron chi connectivity index (χ1n) is 9.13. The molecule has 0 saturated heterocycles. The summed E-state index contributed by atoms with van der Waals surface area (Å²) in [5, 5.41) is 0.991. The van der Waals surface area contributed by atoms with E-state index in [4.69, 9.17) is 0 Å². The molecule has 29 heavy (non-hydrogen) atoms. The number of carbonyl (C=O) groups excluding carboxylic acids is 2. The Labute approximate surface area is 167 Å². The second kappa shape index (κ2) is 7.93. The van der Waals surface area contributed by atoms with Crippen LogP contribution in [0.4, 0.5) is 0 Å². The third kappa shape index (κ3) is 3.98. The van der Waals surface area contributed by atoms with Gasteiger partial charge in [-0.1, -0.05) is 36.4 Å². The topological polar surface area (TPSA) is 88.9 Å². The number of nitrogens with zero attached hydrogens (tertiary/aromatic N) is 3. The summed E-state index contributed by atoms with van der Waals surface area (Å²) in [6, 6.07) is 17.2. The summed E-state index contributed by atoms with van der Waals surface area (Å²) in [5.74, 6) is -0.163. The fraction of sp³-hybridized carbons (Fsp3) is 0.0909. The molecular formula is C22H19N5O2. The molecule has 0 aliphatic rings. The van der Waals surface area contributed by atoms with Gasteiger partial charge in [0, 0.05) is 30.3 Å². The van der Waals surface area contributed by atoms with Crippen LogP contribution in [-0.2, 0) is 23.1 Å². The van der Waals surface area contributed by atoms with Crippen molar-refractivity contribution >= 4 is 39.8 Å². The van der Waals surface area contributed by atoms with Crippen molar-refractivity contribution < 1.29 is 9.59 Å². The number of rotatable bonds is 4. The Kier molecular flexibility index (Phi) is 5.03. The Hall–Kier alpha value is -4.00. The minimum absolute atomic E-state index is 0.0580. The van der Waals surface area contributed by atoms with Crippen molar-refractivity contribution in [3.05, 3.63) is 78.3 Å². The predicted molar refractivity (Wildman–Crippen MR) is 111 cm³/mol. The third-order valence-electron chi connectivity index (χ3n) is 4.60. The quantitative estimate of drug-likeness (QED) is 0.417. The van der Waals surface area contributed by atoms with Gasteiger partial charge >= 0.3 is 0 Å². The van der Waals surface area contributed by atoms with Gasteiger partial charge in [0.15, 0.2) is 0 Å². The summed E-state index contributed by atoms with van der Waals surface area (Å²) >= 11 is 0. The number of nitrogens with one attached hydrogen (secondary N) is 2. The van der Waals surface area contributed by atoms with Crippen LogP contribution in [0.3, 0.4) is 0 Å². The van der Waals surface area contributed by atoms with Crippen molar-refractivity contribution in [2.45, 2.75) is 6.42 Å². The zero-order chi connectivity index (χ0) is 20.2. The van der Waals surface area contributed by atoms with Crippen molar-refractivity contribution in [3.8, 4) is 0 Å². The monoisotopic (exact) mass is 385 g/mol. The van der Waals surface area contributed by atoms with Crippen molar-refractivity contribution in [2.75, 3.05) is 0 Å². The van der Waals surface area contributed by atoms with E-state index in [1.807, 2.05) is 66.2 Å². The molecule has 0 spiro atoms. The number of para-hydroxylation sites is 3. The first kappa shape index (κ1) is 18.4. The van der Waals surface area contributed by atoms with Crippen molar-refractivity contribution in [2.24, 2.45) is 7.05 Å². The molecule has 0 aliphatic heterocycles. The van der Waals surface area contributed by atoms with E-state index >= 15 is 0 Å². The normalized spacial score (nSPS) is 11.2. The van der Waals surface area contributed by atoms with E-state index < -0.39 is 5.91 Å². The van der Waals surface area contributed by atoms with E-state index in [0.717, 1.165) is 27.5 Å². The molecule has 2 aromatic heterocycles. The molecule has 144 valence electrons. The molecule has 0 atom stereocenters. The van der Waals surface area contributed by atoms with Gasteiger partial charge in [0.1, 0.15) is 5.82 Å². The van der Waals surface area contributed by atoms with E-state index in [9.17, 15) is 9.59 Å². The van der Waals surface area contributed by atoms with Gasteiger partial charge < -0.3 is 4.57 Å². The molecule has 7 nitrogen and oxygen atoms in total. The molecule has 0 saturated carbocycles. The largest absolute Gasteiger partial charge is 0.331 e. The number of fused-ring (bicyclic) bond motifs is 2.